The highest BCUT2D eigenvalue weighted by Crippen LogP contribution is 2.41. The Bertz CT molecular complexity index is 607. The molecule has 0 spiro atoms. The lowest BCUT2D eigenvalue weighted by atomic mass is 9.78. The molecule has 1 aromatic carbocycles. The Morgan fingerprint density at radius 3 is 2.81 bits per heavy atom. The zero-order valence-corrected chi connectivity index (χ0v) is 10.7. The van der Waals surface area contributed by atoms with Crippen molar-refractivity contribution in [2.75, 3.05) is 0 Å². The van der Waals surface area contributed by atoms with Gasteiger partial charge >= 0.3 is 0 Å². The molecule has 1 heterocycles. The summed E-state index contributed by atoms with van der Waals surface area (Å²) >= 11 is 11.4. The molecule has 1 fully saturated rings. The second kappa shape index (κ2) is 3.34. The molecule has 2 nitrogen and oxygen atoms in total. The van der Waals surface area contributed by atoms with Crippen molar-refractivity contribution in [3.63, 3.8) is 0 Å². The average molecular weight is 253 g/mol. The Labute approximate surface area is 104 Å². The Hall–Kier alpha value is -0.800. The molecule has 0 bridgehead atoms. The molecule has 84 valence electrons. The summed E-state index contributed by atoms with van der Waals surface area (Å²) in [6.45, 7) is 2.27. The Balaban J connectivity index is 2.32. The van der Waals surface area contributed by atoms with Gasteiger partial charge in [0, 0.05) is 10.6 Å². The van der Waals surface area contributed by atoms with Gasteiger partial charge in [0.25, 0.3) is 0 Å². The number of hydrogen-bond donors (Lipinski definition) is 1. The fraction of sp³-hybridized carbons (Fsp3) is 0.417. The molecule has 2 aromatic rings. The van der Waals surface area contributed by atoms with Gasteiger partial charge in [-0.2, -0.15) is 0 Å². The number of nitrogens with one attached hydrogen (secondary N) is 1. The topological polar surface area (TPSA) is 20.7 Å². The van der Waals surface area contributed by atoms with E-state index in [4.69, 9.17) is 23.8 Å². The number of aromatic amines is 1. The van der Waals surface area contributed by atoms with E-state index in [1.165, 1.54) is 19.3 Å². The van der Waals surface area contributed by atoms with Gasteiger partial charge in [-0.1, -0.05) is 11.6 Å². The standard InChI is InChI=1S/C12H13ClN2S/c1-12(5-2-6-12)15-10-4-3-8(13)7-9(10)14-11(15)16/h3-4,7H,2,5-6H2,1H3,(H,14,16). The lowest BCUT2D eigenvalue weighted by molar-refractivity contribution is 0.172. The molecule has 1 aromatic heterocycles. The van der Waals surface area contributed by atoms with E-state index in [1.807, 2.05) is 18.2 Å². The molecule has 0 saturated heterocycles. The van der Waals surface area contributed by atoms with Crippen molar-refractivity contribution in [2.24, 2.45) is 0 Å². The molecule has 1 N–H and O–H groups in total. The Morgan fingerprint density at radius 2 is 2.19 bits per heavy atom. The summed E-state index contributed by atoms with van der Waals surface area (Å²) in [6, 6.07) is 5.91. The van der Waals surface area contributed by atoms with E-state index >= 15 is 0 Å². The summed E-state index contributed by atoms with van der Waals surface area (Å²) < 4.78 is 3.05. The highest BCUT2D eigenvalue weighted by molar-refractivity contribution is 7.71. The zero-order chi connectivity index (χ0) is 11.3. The number of H-pyrrole nitrogens is 1. The van der Waals surface area contributed by atoms with E-state index < -0.39 is 0 Å². The maximum atomic E-state index is 5.98. The van der Waals surface area contributed by atoms with Crippen LogP contribution in [0.5, 0.6) is 0 Å². The summed E-state index contributed by atoms with van der Waals surface area (Å²) in [5.74, 6) is 0. The highest BCUT2D eigenvalue weighted by atomic mass is 35.5. The van der Waals surface area contributed by atoms with Gasteiger partial charge in [0.15, 0.2) is 4.77 Å². The number of imidazole rings is 1. The first-order chi connectivity index (χ1) is 7.60. The average Bonchev–Trinajstić information content (AvgIpc) is 2.50. The van der Waals surface area contributed by atoms with Gasteiger partial charge in [-0.25, -0.2) is 0 Å². The lowest BCUT2D eigenvalue weighted by Crippen LogP contribution is -2.37. The molecule has 0 aliphatic heterocycles. The molecular formula is C12H13ClN2S. The van der Waals surface area contributed by atoms with Gasteiger partial charge < -0.3 is 9.55 Å². The number of halogens is 1. The van der Waals surface area contributed by atoms with Crippen molar-refractivity contribution in [1.82, 2.24) is 9.55 Å². The number of nitrogens with zero attached hydrogens (tertiary/aromatic N) is 1. The van der Waals surface area contributed by atoms with Crippen LogP contribution in [-0.2, 0) is 5.54 Å². The van der Waals surface area contributed by atoms with Gasteiger partial charge in [-0.3, -0.25) is 0 Å². The van der Waals surface area contributed by atoms with Crippen LogP contribution in [0.2, 0.25) is 5.02 Å². The van der Waals surface area contributed by atoms with Gasteiger partial charge in [-0.05, 0) is 56.6 Å². The van der Waals surface area contributed by atoms with Crippen LogP contribution in [0.1, 0.15) is 26.2 Å². The monoisotopic (exact) mass is 252 g/mol. The largest absolute Gasteiger partial charge is 0.331 e. The van der Waals surface area contributed by atoms with Gasteiger partial charge in [0.05, 0.1) is 11.0 Å². The molecule has 4 heteroatoms. The summed E-state index contributed by atoms with van der Waals surface area (Å²) in [5, 5.41) is 0.745. The van der Waals surface area contributed by atoms with E-state index in [0.29, 0.717) is 0 Å². The third-order valence-electron chi connectivity index (χ3n) is 3.61. The zero-order valence-electron chi connectivity index (χ0n) is 9.09. The quantitative estimate of drug-likeness (QED) is 0.753. The minimum Gasteiger partial charge on any atom is -0.331 e. The van der Waals surface area contributed by atoms with Crippen molar-refractivity contribution in [2.45, 2.75) is 31.7 Å². The lowest BCUT2D eigenvalue weighted by Gasteiger charge is -2.40. The van der Waals surface area contributed by atoms with E-state index in [0.717, 1.165) is 20.8 Å². The molecule has 0 atom stereocenters. The fourth-order valence-electron chi connectivity index (χ4n) is 2.53. The first-order valence-electron chi connectivity index (χ1n) is 5.51. The van der Waals surface area contributed by atoms with Crippen molar-refractivity contribution in [3.05, 3.63) is 28.0 Å². The van der Waals surface area contributed by atoms with Crippen LogP contribution in [-0.4, -0.2) is 9.55 Å². The van der Waals surface area contributed by atoms with Crippen LogP contribution in [0.3, 0.4) is 0 Å². The minimum absolute atomic E-state index is 0.198. The predicted octanol–water partition coefficient (Wildman–Crippen LogP) is 4.25. The molecule has 1 aliphatic carbocycles. The second-order valence-corrected chi connectivity index (χ2v) is 5.60. The first-order valence-corrected chi connectivity index (χ1v) is 6.30. The molecule has 0 radical (unpaired) electrons. The van der Waals surface area contributed by atoms with Gasteiger partial charge in [0.1, 0.15) is 0 Å². The number of aromatic nitrogens is 2. The van der Waals surface area contributed by atoms with Crippen molar-refractivity contribution >= 4 is 34.9 Å². The van der Waals surface area contributed by atoms with Crippen molar-refractivity contribution < 1.29 is 0 Å². The number of rotatable bonds is 1. The summed E-state index contributed by atoms with van der Waals surface area (Å²) in [6.07, 6.45) is 3.70. The smallest absolute Gasteiger partial charge is 0.178 e. The third-order valence-corrected chi connectivity index (χ3v) is 4.13. The molecule has 0 unspecified atom stereocenters. The predicted molar refractivity (Wildman–Crippen MR) is 69.6 cm³/mol. The van der Waals surface area contributed by atoms with Crippen LogP contribution < -0.4 is 0 Å². The van der Waals surface area contributed by atoms with E-state index in [9.17, 15) is 0 Å². The van der Waals surface area contributed by atoms with Gasteiger partial charge in [-0.15, -0.1) is 0 Å². The maximum Gasteiger partial charge on any atom is 0.178 e. The second-order valence-electron chi connectivity index (χ2n) is 4.78. The van der Waals surface area contributed by atoms with E-state index in [1.54, 1.807) is 0 Å². The van der Waals surface area contributed by atoms with Crippen molar-refractivity contribution in [3.8, 4) is 0 Å². The summed E-state index contributed by atoms with van der Waals surface area (Å²) in [4.78, 5) is 3.24. The fourth-order valence-corrected chi connectivity index (χ4v) is 3.13. The van der Waals surface area contributed by atoms with Crippen LogP contribution in [0.25, 0.3) is 11.0 Å². The first kappa shape index (κ1) is 10.4. The van der Waals surface area contributed by atoms with Gasteiger partial charge in [0.2, 0.25) is 0 Å². The molecule has 1 aliphatic rings. The summed E-state index contributed by atoms with van der Waals surface area (Å²) in [7, 11) is 0. The molecule has 16 heavy (non-hydrogen) atoms. The number of fused-ring (bicyclic) bond motifs is 1. The summed E-state index contributed by atoms with van der Waals surface area (Å²) in [5.41, 5.74) is 2.39. The number of hydrogen-bond acceptors (Lipinski definition) is 1. The van der Waals surface area contributed by atoms with Crippen LogP contribution in [0, 0.1) is 4.77 Å². The van der Waals surface area contributed by atoms with E-state index in [-0.39, 0.29) is 5.54 Å². The molecule has 0 amide bonds. The third kappa shape index (κ3) is 1.35. The van der Waals surface area contributed by atoms with Crippen LogP contribution >= 0.6 is 23.8 Å². The highest BCUT2D eigenvalue weighted by Gasteiger charge is 2.35. The van der Waals surface area contributed by atoms with Crippen LogP contribution in [0.15, 0.2) is 18.2 Å². The van der Waals surface area contributed by atoms with Crippen molar-refractivity contribution in [1.29, 1.82) is 0 Å². The molecule has 3 rings (SSSR count). The molecular weight excluding hydrogens is 240 g/mol. The Kier molecular flexibility index (Phi) is 2.17. The van der Waals surface area contributed by atoms with E-state index in [2.05, 4.69) is 16.5 Å². The number of benzene rings is 1. The Morgan fingerprint density at radius 1 is 1.44 bits per heavy atom. The SMILES string of the molecule is CC1(n2c(=S)[nH]c3cc(Cl)ccc32)CCC1. The maximum absolute atomic E-state index is 5.98. The molecule has 1 saturated carbocycles. The minimum atomic E-state index is 0.198. The normalized spacial score (nSPS) is 18.6. The van der Waals surface area contributed by atoms with Crippen LogP contribution in [0.4, 0.5) is 0 Å².